The summed E-state index contributed by atoms with van der Waals surface area (Å²) in [5.74, 6) is 6.04. The topological polar surface area (TPSA) is 55.1 Å². The maximum absolute atomic E-state index is 11.0. The number of benzene rings is 1. The lowest BCUT2D eigenvalue weighted by Gasteiger charge is -2.15. The molecule has 0 bridgehead atoms. The van der Waals surface area contributed by atoms with Gasteiger partial charge in [-0.25, -0.2) is 4.79 Å². The molecule has 4 nitrogen and oxygen atoms in total. The van der Waals surface area contributed by atoms with Gasteiger partial charge in [0.15, 0.2) is 0 Å². The van der Waals surface area contributed by atoms with Crippen molar-refractivity contribution in [2.45, 2.75) is 26.2 Å². The molecule has 20 heavy (non-hydrogen) atoms. The van der Waals surface area contributed by atoms with Crippen LogP contribution >= 0.6 is 0 Å². The fourth-order valence-corrected chi connectivity index (χ4v) is 1.78. The molecule has 1 aromatic heterocycles. The third-order valence-corrected chi connectivity index (χ3v) is 2.74. The Kier molecular flexibility index (Phi) is 3.62. The Balaban J connectivity index is 2.46. The molecule has 0 aliphatic carbocycles. The van der Waals surface area contributed by atoms with Crippen LogP contribution in [0.2, 0.25) is 0 Å². The van der Waals surface area contributed by atoms with Crippen molar-refractivity contribution in [1.29, 1.82) is 0 Å². The summed E-state index contributed by atoms with van der Waals surface area (Å²) in [6.07, 6.45) is 0.349. The van der Waals surface area contributed by atoms with Crippen LogP contribution in [0.1, 0.15) is 37.6 Å². The summed E-state index contributed by atoms with van der Waals surface area (Å²) < 4.78 is 0.912. The van der Waals surface area contributed by atoms with Crippen LogP contribution in [0.15, 0.2) is 36.5 Å². The molecule has 0 radical (unpaired) electrons. The van der Waals surface area contributed by atoms with E-state index in [0.717, 1.165) is 10.2 Å². The van der Waals surface area contributed by atoms with Crippen molar-refractivity contribution in [3.05, 3.63) is 53.3 Å². The van der Waals surface area contributed by atoms with E-state index in [1.807, 2.05) is 51.1 Å². The molecule has 4 heteroatoms. The Hall–Kier alpha value is -2.54. The first kappa shape index (κ1) is 13.9. The minimum absolute atomic E-state index is 0.262. The quantitative estimate of drug-likeness (QED) is 0.747. The number of rotatable bonds is 0. The molecule has 2 rings (SSSR count). The second-order valence-corrected chi connectivity index (χ2v) is 5.48. The van der Waals surface area contributed by atoms with Gasteiger partial charge in [-0.3, -0.25) is 0 Å². The zero-order valence-electron chi connectivity index (χ0n) is 11.7. The molecule has 2 aromatic rings. The molecule has 1 aromatic carbocycles. The Morgan fingerprint density at radius 1 is 1.20 bits per heavy atom. The number of carboxylic acid groups (broad SMARTS) is 1. The van der Waals surface area contributed by atoms with Gasteiger partial charge in [-0.05, 0) is 12.1 Å². The van der Waals surface area contributed by atoms with E-state index in [4.69, 9.17) is 5.11 Å². The lowest BCUT2D eigenvalue weighted by atomic mass is 9.90. The van der Waals surface area contributed by atoms with Gasteiger partial charge in [0.2, 0.25) is 0 Å². The Morgan fingerprint density at radius 3 is 2.40 bits per heavy atom. The molecule has 0 unspecified atom stereocenters. The standard InChI is InChI=1S/C16H16N2O2/c1-16(2,3)14-13(11-18(17-14)15(19)20)10-9-12-7-5-4-6-8-12/h4-8,11H,1-3H3,(H,19,20). The zero-order chi connectivity index (χ0) is 14.8. The highest BCUT2D eigenvalue weighted by Gasteiger charge is 2.23. The van der Waals surface area contributed by atoms with Crippen molar-refractivity contribution in [3.63, 3.8) is 0 Å². The number of aromatic nitrogens is 2. The normalized spacial score (nSPS) is 10.8. The van der Waals surface area contributed by atoms with Crippen LogP contribution in [-0.2, 0) is 5.41 Å². The van der Waals surface area contributed by atoms with Crippen molar-refractivity contribution in [2.75, 3.05) is 0 Å². The van der Waals surface area contributed by atoms with E-state index in [0.29, 0.717) is 11.3 Å². The van der Waals surface area contributed by atoms with Crippen LogP contribution in [0.25, 0.3) is 0 Å². The number of nitrogens with zero attached hydrogens (tertiary/aromatic N) is 2. The largest absolute Gasteiger partial charge is 0.463 e. The third kappa shape index (κ3) is 3.07. The van der Waals surface area contributed by atoms with Gasteiger partial charge in [-0.15, -0.1) is 0 Å². The molecular weight excluding hydrogens is 252 g/mol. The first-order valence-electron chi connectivity index (χ1n) is 6.28. The molecule has 0 aliphatic heterocycles. The smallest absolute Gasteiger partial charge is 0.432 e. The SMILES string of the molecule is CC(C)(C)c1nn(C(=O)O)cc1C#Cc1ccccc1. The summed E-state index contributed by atoms with van der Waals surface area (Å²) >= 11 is 0. The van der Waals surface area contributed by atoms with Crippen molar-refractivity contribution >= 4 is 6.09 Å². The monoisotopic (exact) mass is 268 g/mol. The van der Waals surface area contributed by atoms with Gasteiger partial charge in [-0.1, -0.05) is 50.8 Å². The van der Waals surface area contributed by atoms with Crippen molar-refractivity contribution < 1.29 is 9.90 Å². The molecule has 0 amide bonds. The second kappa shape index (κ2) is 5.22. The molecule has 0 spiro atoms. The first-order valence-corrected chi connectivity index (χ1v) is 6.28. The molecule has 0 aliphatic rings. The summed E-state index contributed by atoms with van der Waals surface area (Å²) in [7, 11) is 0. The highest BCUT2D eigenvalue weighted by atomic mass is 16.4. The van der Waals surface area contributed by atoms with E-state index >= 15 is 0 Å². The Morgan fingerprint density at radius 2 is 1.85 bits per heavy atom. The average Bonchev–Trinajstić information content (AvgIpc) is 2.82. The van der Waals surface area contributed by atoms with Gasteiger partial charge >= 0.3 is 6.09 Å². The number of carbonyl (C=O) groups is 1. The maximum atomic E-state index is 11.0. The Labute approximate surface area is 118 Å². The van der Waals surface area contributed by atoms with Crippen LogP contribution in [0.3, 0.4) is 0 Å². The third-order valence-electron chi connectivity index (χ3n) is 2.74. The molecule has 0 saturated heterocycles. The van der Waals surface area contributed by atoms with Crippen LogP contribution in [-0.4, -0.2) is 21.0 Å². The van der Waals surface area contributed by atoms with E-state index in [-0.39, 0.29) is 5.41 Å². The summed E-state index contributed by atoms with van der Waals surface area (Å²) in [6.45, 7) is 5.94. The van der Waals surface area contributed by atoms with Gasteiger partial charge in [0.1, 0.15) is 0 Å². The summed E-state index contributed by atoms with van der Waals surface area (Å²) in [4.78, 5) is 11.0. The summed E-state index contributed by atoms with van der Waals surface area (Å²) in [5.41, 5.74) is 1.95. The lowest BCUT2D eigenvalue weighted by molar-refractivity contribution is 0.192. The van der Waals surface area contributed by atoms with E-state index in [1.165, 1.54) is 6.20 Å². The molecule has 1 N–H and O–H groups in total. The van der Waals surface area contributed by atoms with Crippen molar-refractivity contribution in [3.8, 4) is 11.8 Å². The first-order chi connectivity index (χ1) is 9.38. The zero-order valence-corrected chi connectivity index (χ0v) is 11.7. The van der Waals surface area contributed by atoms with Crippen molar-refractivity contribution in [2.24, 2.45) is 0 Å². The number of hydrogen-bond donors (Lipinski definition) is 1. The molecule has 0 saturated carbocycles. The minimum Gasteiger partial charge on any atom is -0.463 e. The summed E-state index contributed by atoms with van der Waals surface area (Å²) in [6, 6.07) is 9.57. The van der Waals surface area contributed by atoms with E-state index < -0.39 is 6.09 Å². The van der Waals surface area contributed by atoms with Crippen molar-refractivity contribution in [1.82, 2.24) is 9.78 Å². The number of hydrogen-bond acceptors (Lipinski definition) is 2. The van der Waals surface area contributed by atoms with E-state index in [9.17, 15) is 4.79 Å². The maximum Gasteiger partial charge on any atom is 0.432 e. The van der Waals surface area contributed by atoms with Crippen LogP contribution in [0, 0.1) is 11.8 Å². The lowest BCUT2D eigenvalue weighted by Crippen LogP contribution is -2.16. The fraction of sp³-hybridized carbons (Fsp3) is 0.250. The minimum atomic E-state index is -1.11. The van der Waals surface area contributed by atoms with Crippen LogP contribution < -0.4 is 0 Å². The van der Waals surface area contributed by atoms with Gasteiger partial charge in [-0.2, -0.15) is 9.78 Å². The predicted molar refractivity (Wildman–Crippen MR) is 76.8 cm³/mol. The van der Waals surface area contributed by atoms with Gasteiger partial charge < -0.3 is 5.11 Å². The molecule has 0 atom stereocenters. The average molecular weight is 268 g/mol. The molecule has 102 valence electrons. The van der Waals surface area contributed by atoms with E-state index in [2.05, 4.69) is 16.9 Å². The Bertz CT molecular complexity index is 683. The van der Waals surface area contributed by atoms with Crippen LogP contribution in [0.4, 0.5) is 4.79 Å². The molecule has 1 heterocycles. The summed E-state index contributed by atoms with van der Waals surface area (Å²) in [5, 5.41) is 13.1. The highest BCUT2D eigenvalue weighted by Crippen LogP contribution is 2.23. The fourth-order valence-electron chi connectivity index (χ4n) is 1.78. The second-order valence-electron chi connectivity index (χ2n) is 5.48. The molecule has 0 fully saturated rings. The van der Waals surface area contributed by atoms with E-state index in [1.54, 1.807) is 0 Å². The van der Waals surface area contributed by atoms with Crippen LogP contribution in [0.5, 0.6) is 0 Å². The van der Waals surface area contributed by atoms with Gasteiger partial charge in [0.25, 0.3) is 0 Å². The molecular formula is C16H16N2O2. The van der Waals surface area contributed by atoms with Gasteiger partial charge in [0.05, 0.1) is 17.5 Å². The predicted octanol–water partition coefficient (Wildman–Crippen LogP) is 3.11. The van der Waals surface area contributed by atoms with Gasteiger partial charge in [0, 0.05) is 11.0 Å². The highest BCUT2D eigenvalue weighted by molar-refractivity contribution is 5.67.